The van der Waals surface area contributed by atoms with E-state index in [9.17, 15) is 0 Å². The minimum absolute atomic E-state index is 0.390. The fourth-order valence-electron chi connectivity index (χ4n) is 2.99. The van der Waals surface area contributed by atoms with Crippen LogP contribution in [0.1, 0.15) is 39.0 Å². The van der Waals surface area contributed by atoms with E-state index in [0.29, 0.717) is 11.6 Å². The lowest BCUT2D eigenvalue weighted by Gasteiger charge is -2.48. The van der Waals surface area contributed by atoms with Crippen LogP contribution in [-0.2, 0) is 0 Å². The molecule has 1 unspecified atom stereocenters. The van der Waals surface area contributed by atoms with Gasteiger partial charge in [-0.2, -0.15) is 0 Å². The van der Waals surface area contributed by atoms with Gasteiger partial charge in [-0.1, -0.05) is 25.2 Å². The van der Waals surface area contributed by atoms with Crippen molar-refractivity contribution in [3.63, 3.8) is 0 Å². The lowest BCUT2D eigenvalue weighted by atomic mass is 9.79. The molecule has 0 bridgehead atoms. The molecule has 2 fully saturated rings. The molecule has 0 aromatic carbocycles. The van der Waals surface area contributed by atoms with Gasteiger partial charge >= 0.3 is 0 Å². The summed E-state index contributed by atoms with van der Waals surface area (Å²) in [5, 5.41) is 3.76. The molecule has 84 valence electrons. The van der Waals surface area contributed by atoms with Crippen LogP contribution in [0.15, 0.2) is 0 Å². The first kappa shape index (κ1) is 11.0. The van der Waals surface area contributed by atoms with Crippen molar-refractivity contribution in [3.8, 4) is 12.3 Å². The Morgan fingerprint density at radius 2 is 2.13 bits per heavy atom. The third-order valence-corrected chi connectivity index (χ3v) is 4.01. The van der Waals surface area contributed by atoms with Crippen molar-refractivity contribution in [1.82, 2.24) is 10.2 Å². The zero-order valence-electron chi connectivity index (χ0n) is 9.76. The van der Waals surface area contributed by atoms with Crippen LogP contribution < -0.4 is 5.32 Å². The summed E-state index contributed by atoms with van der Waals surface area (Å²) in [5.74, 6) is 2.79. The van der Waals surface area contributed by atoms with Gasteiger partial charge in [0.05, 0.1) is 6.54 Å². The molecule has 2 nitrogen and oxygen atoms in total. The molecule has 1 aliphatic heterocycles. The van der Waals surface area contributed by atoms with E-state index in [1.807, 2.05) is 0 Å². The highest BCUT2D eigenvalue weighted by atomic mass is 15.2. The van der Waals surface area contributed by atoms with Gasteiger partial charge in [-0.05, 0) is 19.8 Å². The second kappa shape index (κ2) is 4.55. The van der Waals surface area contributed by atoms with Gasteiger partial charge < -0.3 is 5.32 Å². The first-order chi connectivity index (χ1) is 7.26. The van der Waals surface area contributed by atoms with E-state index >= 15 is 0 Å². The van der Waals surface area contributed by atoms with E-state index in [1.165, 1.54) is 32.1 Å². The largest absolute Gasteiger partial charge is 0.308 e. The molecule has 1 saturated carbocycles. The maximum absolute atomic E-state index is 5.43. The van der Waals surface area contributed by atoms with Gasteiger partial charge in [0.25, 0.3) is 0 Å². The zero-order valence-corrected chi connectivity index (χ0v) is 9.76. The SMILES string of the molecule is C#CCN1CC2(CCCCC2)NCC1C. The molecule has 1 heterocycles. The van der Waals surface area contributed by atoms with Crippen LogP contribution in [0.2, 0.25) is 0 Å². The van der Waals surface area contributed by atoms with E-state index in [4.69, 9.17) is 6.42 Å². The summed E-state index contributed by atoms with van der Waals surface area (Å²) >= 11 is 0. The van der Waals surface area contributed by atoms with Gasteiger partial charge in [-0.25, -0.2) is 0 Å². The minimum Gasteiger partial charge on any atom is -0.308 e. The number of piperazine rings is 1. The Morgan fingerprint density at radius 1 is 1.40 bits per heavy atom. The van der Waals surface area contributed by atoms with Crippen molar-refractivity contribution in [2.24, 2.45) is 0 Å². The molecule has 0 radical (unpaired) electrons. The summed E-state index contributed by atoms with van der Waals surface area (Å²) < 4.78 is 0. The Kier molecular flexibility index (Phi) is 3.33. The molecule has 1 saturated heterocycles. The molecule has 1 atom stereocenters. The molecule has 0 aromatic heterocycles. The molecule has 1 aliphatic carbocycles. The van der Waals surface area contributed by atoms with Crippen molar-refractivity contribution in [1.29, 1.82) is 0 Å². The lowest BCUT2D eigenvalue weighted by molar-refractivity contribution is 0.0733. The highest BCUT2D eigenvalue weighted by Gasteiger charge is 2.38. The Balaban J connectivity index is 2.00. The van der Waals surface area contributed by atoms with Crippen molar-refractivity contribution in [2.45, 2.75) is 50.6 Å². The van der Waals surface area contributed by atoms with Gasteiger partial charge in [-0.3, -0.25) is 4.90 Å². The van der Waals surface area contributed by atoms with Crippen LogP contribution in [0, 0.1) is 12.3 Å². The summed E-state index contributed by atoms with van der Waals surface area (Å²) in [5.41, 5.74) is 0.390. The third-order valence-electron chi connectivity index (χ3n) is 4.01. The summed E-state index contributed by atoms with van der Waals surface area (Å²) in [6.45, 7) is 5.32. The van der Waals surface area contributed by atoms with Gasteiger partial charge in [0.15, 0.2) is 0 Å². The predicted molar refractivity (Wildman–Crippen MR) is 63.7 cm³/mol. The number of hydrogen-bond donors (Lipinski definition) is 1. The van der Waals surface area contributed by atoms with Crippen molar-refractivity contribution in [2.75, 3.05) is 19.6 Å². The summed E-state index contributed by atoms with van der Waals surface area (Å²) in [7, 11) is 0. The molecule has 2 heteroatoms. The number of nitrogens with one attached hydrogen (secondary N) is 1. The molecule has 2 aliphatic rings. The van der Waals surface area contributed by atoms with E-state index in [1.54, 1.807) is 0 Å². The normalized spacial score (nSPS) is 31.3. The third kappa shape index (κ3) is 2.35. The van der Waals surface area contributed by atoms with Gasteiger partial charge in [0.1, 0.15) is 0 Å². The van der Waals surface area contributed by atoms with Crippen LogP contribution >= 0.6 is 0 Å². The zero-order chi connectivity index (χ0) is 10.7. The maximum Gasteiger partial charge on any atom is 0.0602 e. The highest BCUT2D eigenvalue weighted by molar-refractivity contribution is 5.01. The quantitative estimate of drug-likeness (QED) is 0.656. The van der Waals surface area contributed by atoms with Crippen molar-refractivity contribution < 1.29 is 0 Å². The number of terminal acetylenes is 1. The molecule has 15 heavy (non-hydrogen) atoms. The van der Waals surface area contributed by atoms with Crippen molar-refractivity contribution >= 4 is 0 Å². The Labute approximate surface area is 93.4 Å². The van der Waals surface area contributed by atoms with Gasteiger partial charge in [0, 0.05) is 24.7 Å². The van der Waals surface area contributed by atoms with Crippen molar-refractivity contribution in [3.05, 3.63) is 0 Å². The first-order valence-electron chi connectivity index (χ1n) is 6.18. The number of nitrogens with zero attached hydrogens (tertiary/aromatic N) is 1. The fourth-order valence-corrected chi connectivity index (χ4v) is 2.99. The minimum atomic E-state index is 0.390. The van der Waals surface area contributed by atoms with Crippen LogP contribution in [0.3, 0.4) is 0 Å². The summed E-state index contributed by atoms with van der Waals surface area (Å²) in [6, 6.07) is 0.591. The summed E-state index contributed by atoms with van der Waals surface area (Å²) in [4.78, 5) is 2.46. The maximum atomic E-state index is 5.43. The molecular weight excluding hydrogens is 184 g/mol. The monoisotopic (exact) mass is 206 g/mol. The van der Waals surface area contributed by atoms with E-state index in [-0.39, 0.29) is 0 Å². The molecular formula is C13H22N2. The lowest BCUT2D eigenvalue weighted by Crippen LogP contribution is -2.64. The average molecular weight is 206 g/mol. The molecule has 0 amide bonds. The summed E-state index contributed by atoms with van der Waals surface area (Å²) in [6.07, 6.45) is 12.3. The second-order valence-electron chi connectivity index (χ2n) is 5.18. The van der Waals surface area contributed by atoms with Gasteiger partial charge in [0.2, 0.25) is 0 Å². The molecule has 2 rings (SSSR count). The Morgan fingerprint density at radius 3 is 2.80 bits per heavy atom. The topological polar surface area (TPSA) is 15.3 Å². The van der Waals surface area contributed by atoms with E-state index in [2.05, 4.69) is 23.1 Å². The second-order valence-corrected chi connectivity index (χ2v) is 5.18. The van der Waals surface area contributed by atoms with E-state index in [0.717, 1.165) is 19.6 Å². The predicted octanol–water partition coefficient (Wildman–Crippen LogP) is 1.62. The average Bonchev–Trinajstić information content (AvgIpc) is 2.26. The molecule has 0 aromatic rings. The van der Waals surface area contributed by atoms with Crippen LogP contribution in [-0.4, -0.2) is 36.1 Å². The van der Waals surface area contributed by atoms with Crippen LogP contribution in [0.5, 0.6) is 0 Å². The number of hydrogen-bond acceptors (Lipinski definition) is 2. The highest BCUT2D eigenvalue weighted by Crippen LogP contribution is 2.31. The van der Waals surface area contributed by atoms with Gasteiger partial charge in [-0.15, -0.1) is 6.42 Å². The van der Waals surface area contributed by atoms with E-state index < -0.39 is 0 Å². The first-order valence-corrected chi connectivity index (χ1v) is 6.18. The fraction of sp³-hybridized carbons (Fsp3) is 0.846. The Bertz CT molecular complexity index is 248. The number of rotatable bonds is 1. The smallest absolute Gasteiger partial charge is 0.0602 e. The van der Waals surface area contributed by atoms with Crippen LogP contribution in [0.25, 0.3) is 0 Å². The van der Waals surface area contributed by atoms with Crippen LogP contribution in [0.4, 0.5) is 0 Å². The standard InChI is InChI=1S/C13H22N2/c1-3-9-15-11-13(14-10-12(15)2)7-5-4-6-8-13/h1,12,14H,4-11H2,2H3. The molecule has 1 N–H and O–H groups in total. The Hall–Kier alpha value is -0.520. The molecule has 1 spiro atoms.